The largest absolute Gasteiger partial charge is 0.326 e. The Hall–Kier alpha value is -0.870. The quantitative estimate of drug-likeness (QED) is 0.865. The van der Waals surface area contributed by atoms with Gasteiger partial charge in [0.1, 0.15) is 0 Å². The normalized spacial score (nSPS) is 20.7. The first-order valence-corrected chi connectivity index (χ1v) is 6.44. The van der Waals surface area contributed by atoms with Gasteiger partial charge in [0.15, 0.2) is 0 Å². The fourth-order valence-corrected chi connectivity index (χ4v) is 2.41. The Morgan fingerprint density at radius 3 is 2.59 bits per heavy atom. The van der Waals surface area contributed by atoms with E-state index >= 15 is 0 Å². The van der Waals surface area contributed by atoms with Gasteiger partial charge in [-0.2, -0.15) is 5.10 Å². The number of likely N-dealkylation sites (tertiary alicyclic amines) is 1. The maximum absolute atomic E-state index is 5.74. The Morgan fingerprint density at radius 1 is 1.35 bits per heavy atom. The number of aromatic nitrogens is 2. The molecule has 0 radical (unpaired) electrons. The predicted molar refractivity (Wildman–Crippen MR) is 69.4 cm³/mol. The van der Waals surface area contributed by atoms with Crippen LogP contribution < -0.4 is 5.73 Å². The second-order valence-electron chi connectivity index (χ2n) is 5.88. The molecular formula is C13H24N4. The average Bonchev–Trinajstić information content (AvgIpc) is 2.63. The van der Waals surface area contributed by atoms with Gasteiger partial charge in [0.25, 0.3) is 0 Å². The van der Waals surface area contributed by atoms with Gasteiger partial charge in [-0.1, -0.05) is 13.8 Å². The van der Waals surface area contributed by atoms with Crippen molar-refractivity contribution in [3.8, 4) is 0 Å². The Bertz CT molecular complexity index is 371. The van der Waals surface area contributed by atoms with Crippen molar-refractivity contribution in [2.24, 2.45) is 18.2 Å². The zero-order valence-electron chi connectivity index (χ0n) is 11.2. The highest BCUT2D eigenvalue weighted by atomic mass is 15.3. The fraction of sp³-hybridized carbons (Fsp3) is 0.769. The SMILES string of the molecule is Cn1ncc(CN)c1CN1CCC(C)(C)CC1. The molecule has 2 rings (SSSR count). The lowest BCUT2D eigenvalue weighted by molar-refractivity contribution is 0.124. The van der Waals surface area contributed by atoms with E-state index in [1.807, 2.05) is 17.9 Å². The number of nitrogens with zero attached hydrogens (tertiary/aromatic N) is 3. The van der Waals surface area contributed by atoms with Crippen molar-refractivity contribution in [3.63, 3.8) is 0 Å². The van der Waals surface area contributed by atoms with Crippen molar-refractivity contribution < 1.29 is 0 Å². The summed E-state index contributed by atoms with van der Waals surface area (Å²) in [6.45, 7) is 8.66. The molecule has 1 fully saturated rings. The van der Waals surface area contributed by atoms with Crippen LogP contribution in [0.5, 0.6) is 0 Å². The van der Waals surface area contributed by atoms with Crippen LogP contribution in [0.3, 0.4) is 0 Å². The van der Waals surface area contributed by atoms with E-state index in [9.17, 15) is 0 Å². The summed E-state index contributed by atoms with van der Waals surface area (Å²) in [5, 5.41) is 4.29. The van der Waals surface area contributed by atoms with E-state index in [1.165, 1.54) is 37.2 Å². The molecule has 17 heavy (non-hydrogen) atoms. The maximum Gasteiger partial charge on any atom is 0.0565 e. The molecule has 1 saturated heterocycles. The van der Waals surface area contributed by atoms with Crippen LogP contribution in [0.4, 0.5) is 0 Å². The molecule has 2 heterocycles. The molecule has 2 N–H and O–H groups in total. The molecule has 4 nitrogen and oxygen atoms in total. The molecule has 0 aliphatic carbocycles. The van der Waals surface area contributed by atoms with Gasteiger partial charge in [0.2, 0.25) is 0 Å². The Labute approximate surface area is 104 Å². The van der Waals surface area contributed by atoms with Gasteiger partial charge in [-0.05, 0) is 31.3 Å². The van der Waals surface area contributed by atoms with Crippen LogP contribution in [0.15, 0.2) is 6.20 Å². The van der Waals surface area contributed by atoms with Crippen LogP contribution in [0.2, 0.25) is 0 Å². The number of nitrogens with two attached hydrogens (primary N) is 1. The molecule has 0 bridgehead atoms. The lowest BCUT2D eigenvalue weighted by Crippen LogP contribution is -2.37. The number of piperidine rings is 1. The van der Waals surface area contributed by atoms with E-state index in [0.29, 0.717) is 12.0 Å². The van der Waals surface area contributed by atoms with Gasteiger partial charge in [-0.3, -0.25) is 9.58 Å². The minimum Gasteiger partial charge on any atom is -0.326 e. The molecule has 1 aromatic rings. The first-order valence-electron chi connectivity index (χ1n) is 6.44. The van der Waals surface area contributed by atoms with Gasteiger partial charge < -0.3 is 5.73 Å². The van der Waals surface area contributed by atoms with E-state index in [-0.39, 0.29) is 0 Å². The standard InChI is InChI=1S/C13H24N4/c1-13(2)4-6-17(7-5-13)10-12-11(8-14)9-15-16(12)3/h9H,4-8,10,14H2,1-3H3. The second kappa shape index (κ2) is 4.78. The van der Waals surface area contributed by atoms with Crippen LogP contribution >= 0.6 is 0 Å². The highest BCUT2D eigenvalue weighted by molar-refractivity contribution is 5.17. The van der Waals surface area contributed by atoms with Gasteiger partial charge in [-0.15, -0.1) is 0 Å². The van der Waals surface area contributed by atoms with E-state index in [2.05, 4.69) is 23.8 Å². The van der Waals surface area contributed by atoms with Crippen molar-refractivity contribution in [2.45, 2.75) is 39.8 Å². The van der Waals surface area contributed by atoms with Crippen LogP contribution in [0, 0.1) is 5.41 Å². The average molecular weight is 236 g/mol. The van der Waals surface area contributed by atoms with E-state index in [4.69, 9.17) is 5.73 Å². The first-order chi connectivity index (χ1) is 8.02. The molecule has 0 amide bonds. The van der Waals surface area contributed by atoms with Gasteiger partial charge >= 0.3 is 0 Å². The van der Waals surface area contributed by atoms with Crippen molar-refractivity contribution in [3.05, 3.63) is 17.5 Å². The Kier molecular flexibility index (Phi) is 3.54. The van der Waals surface area contributed by atoms with Gasteiger partial charge in [0, 0.05) is 25.7 Å². The summed E-state index contributed by atoms with van der Waals surface area (Å²) < 4.78 is 1.96. The van der Waals surface area contributed by atoms with Gasteiger partial charge in [-0.25, -0.2) is 0 Å². The van der Waals surface area contributed by atoms with Crippen LogP contribution in [-0.4, -0.2) is 27.8 Å². The summed E-state index contributed by atoms with van der Waals surface area (Å²) in [6, 6.07) is 0. The molecular weight excluding hydrogens is 212 g/mol. The van der Waals surface area contributed by atoms with Crippen LogP contribution in [0.1, 0.15) is 37.9 Å². The molecule has 1 aliphatic rings. The molecule has 0 saturated carbocycles. The highest BCUT2D eigenvalue weighted by Gasteiger charge is 2.26. The zero-order valence-corrected chi connectivity index (χ0v) is 11.2. The molecule has 1 aromatic heterocycles. The third-order valence-corrected chi connectivity index (χ3v) is 3.95. The molecule has 4 heteroatoms. The molecule has 0 aromatic carbocycles. The van der Waals surface area contributed by atoms with E-state index in [1.54, 1.807) is 0 Å². The summed E-state index contributed by atoms with van der Waals surface area (Å²) in [6.07, 6.45) is 4.45. The van der Waals surface area contributed by atoms with Crippen molar-refractivity contribution in [1.29, 1.82) is 0 Å². The molecule has 0 unspecified atom stereocenters. The van der Waals surface area contributed by atoms with E-state index < -0.39 is 0 Å². The lowest BCUT2D eigenvalue weighted by atomic mass is 9.82. The topological polar surface area (TPSA) is 47.1 Å². The number of rotatable bonds is 3. The zero-order chi connectivity index (χ0) is 12.5. The van der Waals surface area contributed by atoms with Crippen LogP contribution in [0.25, 0.3) is 0 Å². The molecule has 96 valence electrons. The second-order valence-corrected chi connectivity index (χ2v) is 5.88. The lowest BCUT2D eigenvalue weighted by Gasteiger charge is -2.36. The van der Waals surface area contributed by atoms with Crippen molar-refractivity contribution >= 4 is 0 Å². The summed E-state index contributed by atoms with van der Waals surface area (Å²) in [7, 11) is 2.00. The minimum absolute atomic E-state index is 0.514. The Morgan fingerprint density at radius 2 is 2.00 bits per heavy atom. The summed E-state index contributed by atoms with van der Waals surface area (Å²) in [5.74, 6) is 0. The minimum atomic E-state index is 0.514. The van der Waals surface area contributed by atoms with Crippen LogP contribution in [-0.2, 0) is 20.1 Å². The monoisotopic (exact) mass is 236 g/mol. The summed E-state index contributed by atoms with van der Waals surface area (Å²) in [5.41, 5.74) is 8.70. The third-order valence-electron chi connectivity index (χ3n) is 3.95. The number of hydrogen-bond donors (Lipinski definition) is 1. The number of hydrogen-bond acceptors (Lipinski definition) is 3. The van der Waals surface area contributed by atoms with Gasteiger partial charge in [0.05, 0.1) is 11.9 Å². The predicted octanol–water partition coefficient (Wildman–Crippen LogP) is 1.50. The smallest absolute Gasteiger partial charge is 0.0565 e. The maximum atomic E-state index is 5.74. The molecule has 1 aliphatic heterocycles. The molecule has 0 spiro atoms. The number of aryl methyl sites for hydroxylation is 1. The van der Waals surface area contributed by atoms with E-state index in [0.717, 1.165) is 6.54 Å². The highest BCUT2D eigenvalue weighted by Crippen LogP contribution is 2.30. The summed E-state index contributed by atoms with van der Waals surface area (Å²) in [4.78, 5) is 2.52. The Balaban J connectivity index is 2.00. The van der Waals surface area contributed by atoms with Crippen molar-refractivity contribution in [2.75, 3.05) is 13.1 Å². The fourth-order valence-electron chi connectivity index (χ4n) is 2.41. The summed E-state index contributed by atoms with van der Waals surface area (Å²) >= 11 is 0. The first kappa shape index (κ1) is 12.6. The third kappa shape index (κ3) is 2.87. The van der Waals surface area contributed by atoms with Crippen molar-refractivity contribution in [1.82, 2.24) is 14.7 Å². The molecule has 0 atom stereocenters.